The SMILES string of the molecule is CCN(CC)CCn1c(=O)n(-c2ccc(Cl)cc2Cl)c2c(C)cc(C(=O)OC)cc21. The quantitative estimate of drug-likeness (QED) is 0.496. The Labute approximate surface area is 185 Å². The summed E-state index contributed by atoms with van der Waals surface area (Å²) in [5.74, 6) is -0.444. The fraction of sp³-hybridized carbons (Fsp3) is 0.364. The molecule has 0 aliphatic rings. The van der Waals surface area contributed by atoms with Crippen LogP contribution < -0.4 is 5.69 Å². The molecule has 0 amide bonds. The number of imidazole rings is 1. The third-order valence-electron chi connectivity index (χ3n) is 5.32. The Balaban J connectivity index is 2.30. The number of carbonyl (C=O) groups excluding carboxylic acids is 1. The van der Waals surface area contributed by atoms with Crippen LogP contribution in [0.3, 0.4) is 0 Å². The van der Waals surface area contributed by atoms with Gasteiger partial charge in [0.15, 0.2) is 0 Å². The van der Waals surface area contributed by atoms with Gasteiger partial charge in [-0.3, -0.25) is 9.13 Å². The highest BCUT2D eigenvalue weighted by Gasteiger charge is 2.21. The molecule has 0 radical (unpaired) electrons. The lowest BCUT2D eigenvalue weighted by atomic mass is 10.1. The number of carbonyl (C=O) groups is 1. The first-order chi connectivity index (χ1) is 14.3. The summed E-state index contributed by atoms with van der Waals surface area (Å²) in [6.07, 6.45) is 0. The number of halogens is 2. The van der Waals surface area contributed by atoms with Gasteiger partial charge >= 0.3 is 11.7 Å². The van der Waals surface area contributed by atoms with Crippen LogP contribution in [-0.2, 0) is 11.3 Å². The molecule has 0 fully saturated rings. The lowest BCUT2D eigenvalue weighted by Gasteiger charge is -2.18. The molecule has 0 aliphatic heterocycles. The Kier molecular flexibility index (Phi) is 6.91. The number of methoxy groups -OCH3 is 1. The number of likely N-dealkylation sites (N-methyl/N-ethyl adjacent to an activating group) is 1. The maximum atomic E-state index is 13.5. The number of nitrogens with zero attached hydrogens (tertiary/aromatic N) is 3. The molecule has 0 saturated heterocycles. The molecule has 30 heavy (non-hydrogen) atoms. The summed E-state index contributed by atoms with van der Waals surface area (Å²) in [6.45, 7) is 9.01. The molecule has 1 heterocycles. The Hall–Kier alpha value is -2.28. The van der Waals surface area contributed by atoms with Crippen LogP contribution in [0.1, 0.15) is 29.8 Å². The minimum Gasteiger partial charge on any atom is -0.465 e. The lowest BCUT2D eigenvalue weighted by Crippen LogP contribution is -2.31. The van der Waals surface area contributed by atoms with E-state index in [-0.39, 0.29) is 5.69 Å². The number of aryl methyl sites for hydroxylation is 1. The zero-order valence-corrected chi connectivity index (χ0v) is 19.0. The number of esters is 1. The molecule has 6 nitrogen and oxygen atoms in total. The van der Waals surface area contributed by atoms with Gasteiger partial charge in [0.1, 0.15) is 0 Å². The average Bonchev–Trinajstić information content (AvgIpc) is 3.00. The number of fused-ring (bicyclic) bond motifs is 1. The Morgan fingerprint density at radius 1 is 1.13 bits per heavy atom. The highest BCUT2D eigenvalue weighted by molar-refractivity contribution is 6.35. The molecule has 0 aliphatic carbocycles. The average molecular weight is 450 g/mol. The second-order valence-corrected chi connectivity index (χ2v) is 7.89. The third-order valence-corrected chi connectivity index (χ3v) is 5.86. The molecule has 2 aromatic carbocycles. The van der Waals surface area contributed by atoms with E-state index in [2.05, 4.69) is 18.7 Å². The number of rotatable bonds is 7. The van der Waals surface area contributed by atoms with Crippen LogP contribution in [-0.4, -0.2) is 46.7 Å². The highest BCUT2D eigenvalue weighted by atomic mass is 35.5. The van der Waals surface area contributed by atoms with Crippen LogP contribution in [0, 0.1) is 6.92 Å². The first-order valence-corrected chi connectivity index (χ1v) is 10.6. The maximum absolute atomic E-state index is 13.5. The van der Waals surface area contributed by atoms with Crippen molar-refractivity contribution in [1.82, 2.24) is 14.0 Å². The van der Waals surface area contributed by atoms with Crippen LogP contribution in [0.2, 0.25) is 10.0 Å². The van der Waals surface area contributed by atoms with Crippen molar-refractivity contribution in [2.75, 3.05) is 26.7 Å². The molecule has 0 saturated carbocycles. The summed E-state index contributed by atoms with van der Waals surface area (Å²) in [6, 6.07) is 8.48. The van der Waals surface area contributed by atoms with E-state index >= 15 is 0 Å². The van der Waals surface area contributed by atoms with Crippen molar-refractivity contribution in [1.29, 1.82) is 0 Å². The van der Waals surface area contributed by atoms with E-state index < -0.39 is 5.97 Å². The topological polar surface area (TPSA) is 56.5 Å². The van der Waals surface area contributed by atoms with Crippen LogP contribution in [0.15, 0.2) is 35.1 Å². The van der Waals surface area contributed by atoms with Gasteiger partial charge in [0.2, 0.25) is 0 Å². The standard InChI is InChI=1S/C22H25Cl2N3O3/c1-5-25(6-2)9-10-26-19-12-15(21(28)30-4)11-14(3)20(19)27(22(26)29)18-8-7-16(23)13-17(18)24/h7-8,11-13H,5-6,9-10H2,1-4H3. The predicted molar refractivity (Wildman–Crippen MR) is 121 cm³/mol. The van der Waals surface area contributed by atoms with E-state index in [1.54, 1.807) is 39.5 Å². The number of hydrogen-bond acceptors (Lipinski definition) is 4. The van der Waals surface area contributed by atoms with Gasteiger partial charge in [-0.2, -0.15) is 0 Å². The highest BCUT2D eigenvalue weighted by Crippen LogP contribution is 2.29. The zero-order chi connectivity index (χ0) is 22.0. The first kappa shape index (κ1) is 22.4. The minimum atomic E-state index is -0.444. The van der Waals surface area contributed by atoms with Gasteiger partial charge in [-0.15, -0.1) is 0 Å². The molecular weight excluding hydrogens is 425 g/mol. The van der Waals surface area contributed by atoms with Gasteiger partial charge in [-0.05, 0) is 55.9 Å². The van der Waals surface area contributed by atoms with E-state index in [1.807, 2.05) is 6.92 Å². The van der Waals surface area contributed by atoms with E-state index in [0.29, 0.717) is 45.4 Å². The predicted octanol–water partition coefficient (Wildman–Crippen LogP) is 4.54. The number of ether oxygens (including phenoxy) is 1. The molecule has 3 rings (SSSR count). The summed E-state index contributed by atoms with van der Waals surface area (Å²) < 4.78 is 8.17. The summed E-state index contributed by atoms with van der Waals surface area (Å²) in [7, 11) is 1.34. The molecule has 0 spiro atoms. The van der Waals surface area contributed by atoms with Crippen molar-refractivity contribution in [3.05, 3.63) is 62.0 Å². The van der Waals surface area contributed by atoms with Gasteiger partial charge in [0, 0.05) is 18.1 Å². The van der Waals surface area contributed by atoms with Crippen LogP contribution in [0.4, 0.5) is 0 Å². The first-order valence-electron chi connectivity index (χ1n) is 9.84. The summed E-state index contributed by atoms with van der Waals surface area (Å²) in [4.78, 5) is 27.9. The molecule has 0 bridgehead atoms. The van der Waals surface area contributed by atoms with Crippen LogP contribution >= 0.6 is 23.2 Å². The van der Waals surface area contributed by atoms with E-state index in [1.165, 1.54) is 7.11 Å². The van der Waals surface area contributed by atoms with Crippen molar-refractivity contribution in [3.8, 4) is 5.69 Å². The third kappa shape index (κ3) is 4.13. The maximum Gasteiger partial charge on any atom is 0.337 e. The number of hydrogen-bond donors (Lipinski definition) is 0. The van der Waals surface area contributed by atoms with E-state index in [9.17, 15) is 9.59 Å². The fourth-order valence-electron chi connectivity index (χ4n) is 3.70. The molecular formula is C22H25Cl2N3O3. The fourth-order valence-corrected chi connectivity index (χ4v) is 4.19. The molecule has 0 unspecified atom stereocenters. The number of aromatic nitrogens is 2. The smallest absolute Gasteiger partial charge is 0.337 e. The Morgan fingerprint density at radius 3 is 2.43 bits per heavy atom. The lowest BCUT2D eigenvalue weighted by molar-refractivity contribution is 0.0601. The largest absolute Gasteiger partial charge is 0.465 e. The molecule has 1 aromatic heterocycles. The van der Waals surface area contributed by atoms with Crippen molar-refractivity contribution in [3.63, 3.8) is 0 Å². The minimum absolute atomic E-state index is 0.216. The van der Waals surface area contributed by atoms with Gasteiger partial charge in [-0.25, -0.2) is 9.59 Å². The normalized spacial score (nSPS) is 11.4. The van der Waals surface area contributed by atoms with Crippen molar-refractivity contribution < 1.29 is 9.53 Å². The molecule has 160 valence electrons. The summed E-state index contributed by atoms with van der Waals surface area (Å²) >= 11 is 12.5. The van der Waals surface area contributed by atoms with Crippen molar-refractivity contribution >= 4 is 40.2 Å². The molecule has 8 heteroatoms. The Morgan fingerprint density at radius 2 is 1.83 bits per heavy atom. The van der Waals surface area contributed by atoms with Crippen LogP contribution in [0.5, 0.6) is 0 Å². The van der Waals surface area contributed by atoms with Gasteiger partial charge in [0.05, 0.1) is 34.4 Å². The van der Waals surface area contributed by atoms with Gasteiger partial charge in [0.25, 0.3) is 0 Å². The van der Waals surface area contributed by atoms with E-state index in [0.717, 1.165) is 18.7 Å². The summed E-state index contributed by atoms with van der Waals surface area (Å²) in [5, 5.41) is 0.871. The second-order valence-electron chi connectivity index (χ2n) is 7.04. The second kappa shape index (κ2) is 9.25. The van der Waals surface area contributed by atoms with E-state index in [4.69, 9.17) is 27.9 Å². The summed E-state index contributed by atoms with van der Waals surface area (Å²) in [5.41, 5.74) is 2.88. The monoisotopic (exact) mass is 449 g/mol. The van der Waals surface area contributed by atoms with Crippen molar-refractivity contribution in [2.45, 2.75) is 27.3 Å². The zero-order valence-electron chi connectivity index (χ0n) is 17.5. The molecule has 3 aromatic rings. The molecule has 0 N–H and O–H groups in total. The van der Waals surface area contributed by atoms with Crippen molar-refractivity contribution in [2.24, 2.45) is 0 Å². The number of benzene rings is 2. The van der Waals surface area contributed by atoms with Gasteiger partial charge < -0.3 is 9.64 Å². The van der Waals surface area contributed by atoms with Gasteiger partial charge in [-0.1, -0.05) is 37.0 Å². The van der Waals surface area contributed by atoms with Crippen LogP contribution in [0.25, 0.3) is 16.7 Å². The Bertz CT molecular complexity index is 1150. The molecule has 0 atom stereocenters.